The Balaban J connectivity index is 2.18. The molecule has 17 heavy (non-hydrogen) atoms. The maximum absolute atomic E-state index is 13.1. The molecule has 1 aliphatic carbocycles. The van der Waals surface area contributed by atoms with Gasteiger partial charge in [-0.15, -0.1) is 5.73 Å². The van der Waals surface area contributed by atoms with Crippen LogP contribution in [0.25, 0.3) is 0 Å². The van der Waals surface area contributed by atoms with E-state index in [1.54, 1.807) is 24.5 Å². The third-order valence-electron chi connectivity index (χ3n) is 2.29. The predicted molar refractivity (Wildman–Crippen MR) is 62.2 cm³/mol. The lowest BCUT2D eigenvalue weighted by Crippen LogP contribution is -2.04. The van der Waals surface area contributed by atoms with Crippen molar-refractivity contribution < 1.29 is 9.18 Å². The Bertz CT molecular complexity index is 572. The van der Waals surface area contributed by atoms with Gasteiger partial charge in [-0.05, 0) is 23.8 Å². The first-order valence-electron chi connectivity index (χ1n) is 5.19. The molecule has 0 atom stereocenters. The first-order chi connectivity index (χ1) is 8.15. The number of hydrogen-bond donors (Lipinski definition) is 0. The van der Waals surface area contributed by atoms with Crippen LogP contribution in [0.5, 0.6) is 0 Å². The fourth-order valence-electron chi connectivity index (χ4n) is 1.50. The SMILES string of the molecule is CC(=O)n1cc(CC2=C=CC=CC(F)=C2)cn1. The van der Waals surface area contributed by atoms with Crippen LogP contribution in [0.4, 0.5) is 4.39 Å². The summed E-state index contributed by atoms with van der Waals surface area (Å²) in [6.07, 6.45) is 9.79. The summed E-state index contributed by atoms with van der Waals surface area (Å²) >= 11 is 0. The van der Waals surface area contributed by atoms with E-state index in [0.29, 0.717) is 6.42 Å². The molecule has 86 valence electrons. The molecule has 0 amide bonds. The van der Waals surface area contributed by atoms with Crippen LogP contribution in [-0.4, -0.2) is 15.7 Å². The Kier molecular flexibility index (Phi) is 3.17. The fraction of sp³-hybridized carbons (Fsp3) is 0.154. The average Bonchev–Trinajstić information content (AvgIpc) is 2.63. The molecule has 0 saturated heterocycles. The molecule has 0 aromatic carbocycles. The van der Waals surface area contributed by atoms with E-state index in [4.69, 9.17) is 0 Å². The first kappa shape index (κ1) is 11.3. The minimum absolute atomic E-state index is 0.148. The number of allylic oxidation sites excluding steroid dienone is 5. The molecule has 1 aliphatic rings. The average molecular weight is 230 g/mol. The van der Waals surface area contributed by atoms with E-state index < -0.39 is 0 Å². The van der Waals surface area contributed by atoms with Gasteiger partial charge in [-0.3, -0.25) is 4.79 Å². The lowest BCUT2D eigenvalue weighted by Gasteiger charge is -1.95. The second kappa shape index (κ2) is 4.76. The maximum Gasteiger partial charge on any atom is 0.243 e. The molecule has 3 nitrogen and oxygen atoms in total. The quantitative estimate of drug-likeness (QED) is 0.732. The molecule has 1 aromatic rings. The molecule has 0 unspecified atom stereocenters. The minimum atomic E-state index is -0.305. The molecule has 1 heterocycles. The Labute approximate surface area is 98.3 Å². The van der Waals surface area contributed by atoms with Crippen molar-refractivity contribution >= 4 is 5.91 Å². The maximum atomic E-state index is 13.1. The van der Waals surface area contributed by atoms with Gasteiger partial charge in [0.15, 0.2) is 0 Å². The summed E-state index contributed by atoms with van der Waals surface area (Å²) in [6, 6.07) is 0. The molecule has 4 heteroatoms. The van der Waals surface area contributed by atoms with Gasteiger partial charge < -0.3 is 0 Å². The van der Waals surface area contributed by atoms with Gasteiger partial charge in [0.25, 0.3) is 0 Å². The molecule has 0 spiro atoms. The highest BCUT2D eigenvalue weighted by molar-refractivity contribution is 5.75. The summed E-state index contributed by atoms with van der Waals surface area (Å²) in [6.45, 7) is 1.44. The second-order valence-corrected chi connectivity index (χ2v) is 3.71. The Morgan fingerprint density at radius 2 is 2.41 bits per heavy atom. The van der Waals surface area contributed by atoms with E-state index in [2.05, 4.69) is 10.8 Å². The van der Waals surface area contributed by atoms with Crippen LogP contribution < -0.4 is 0 Å². The zero-order valence-corrected chi connectivity index (χ0v) is 9.35. The molecular formula is C13H11FN2O. The summed E-state index contributed by atoms with van der Waals surface area (Å²) in [5, 5.41) is 3.91. The number of carbonyl (C=O) groups is 1. The third kappa shape index (κ3) is 2.89. The molecule has 1 aromatic heterocycles. The zero-order valence-electron chi connectivity index (χ0n) is 9.35. The molecule has 0 aliphatic heterocycles. The summed E-state index contributed by atoms with van der Waals surface area (Å²) in [7, 11) is 0. The van der Waals surface area contributed by atoms with Crippen LogP contribution in [0.3, 0.4) is 0 Å². The summed E-state index contributed by atoms with van der Waals surface area (Å²) in [5.41, 5.74) is 4.53. The number of aromatic nitrogens is 2. The first-order valence-corrected chi connectivity index (χ1v) is 5.19. The number of halogens is 1. The lowest BCUT2D eigenvalue weighted by atomic mass is 10.1. The number of rotatable bonds is 2. The van der Waals surface area contributed by atoms with Crippen LogP contribution in [0.2, 0.25) is 0 Å². The predicted octanol–water partition coefficient (Wildman–Crippen LogP) is 2.59. The van der Waals surface area contributed by atoms with E-state index in [0.717, 1.165) is 11.1 Å². The van der Waals surface area contributed by atoms with Gasteiger partial charge in [0.05, 0.1) is 6.20 Å². The highest BCUT2D eigenvalue weighted by Gasteiger charge is 2.04. The van der Waals surface area contributed by atoms with Gasteiger partial charge in [-0.2, -0.15) is 5.10 Å². The van der Waals surface area contributed by atoms with Crippen LogP contribution in [0, 0.1) is 0 Å². The molecule has 0 saturated carbocycles. The normalized spacial score (nSPS) is 14.2. The third-order valence-corrected chi connectivity index (χ3v) is 2.29. The summed E-state index contributed by atoms with van der Waals surface area (Å²) in [5.74, 6) is -0.453. The van der Waals surface area contributed by atoms with Crippen molar-refractivity contribution in [1.82, 2.24) is 9.78 Å². The topological polar surface area (TPSA) is 34.9 Å². The smallest absolute Gasteiger partial charge is 0.243 e. The van der Waals surface area contributed by atoms with Crippen molar-refractivity contribution in [3.8, 4) is 0 Å². The van der Waals surface area contributed by atoms with E-state index in [-0.39, 0.29) is 11.7 Å². The highest BCUT2D eigenvalue weighted by atomic mass is 19.1. The van der Waals surface area contributed by atoms with Crippen LogP contribution in [0.15, 0.2) is 53.8 Å². The number of nitrogens with zero attached hydrogens (tertiary/aromatic N) is 2. The van der Waals surface area contributed by atoms with Gasteiger partial charge in [-0.25, -0.2) is 9.07 Å². The van der Waals surface area contributed by atoms with Crippen molar-refractivity contribution in [2.24, 2.45) is 0 Å². The molecule has 0 N–H and O–H groups in total. The Morgan fingerprint density at radius 1 is 1.59 bits per heavy atom. The van der Waals surface area contributed by atoms with E-state index in [9.17, 15) is 9.18 Å². The number of hydrogen-bond acceptors (Lipinski definition) is 2. The van der Waals surface area contributed by atoms with Gasteiger partial charge in [0.2, 0.25) is 5.91 Å². The van der Waals surface area contributed by atoms with Crippen LogP contribution in [-0.2, 0) is 6.42 Å². The van der Waals surface area contributed by atoms with E-state index >= 15 is 0 Å². The van der Waals surface area contributed by atoms with Crippen LogP contribution in [0.1, 0.15) is 17.3 Å². The summed E-state index contributed by atoms with van der Waals surface area (Å²) < 4.78 is 14.4. The van der Waals surface area contributed by atoms with Gasteiger partial charge in [0, 0.05) is 25.1 Å². The summed E-state index contributed by atoms with van der Waals surface area (Å²) in [4.78, 5) is 11.0. The van der Waals surface area contributed by atoms with Gasteiger partial charge in [-0.1, -0.05) is 6.08 Å². The standard InChI is InChI=1S/C13H11FN2O/c1-10(17)16-9-12(8-15-16)6-11-4-2-3-5-13(14)7-11/h2-3,5,7-9H,6H2,1H3. The molecule has 0 bridgehead atoms. The number of carbonyl (C=O) groups excluding carboxylic acids is 1. The van der Waals surface area contributed by atoms with Crippen LogP contribution >= 0.6 is 0 Å². The lowest BCUT2D eigenvalue weighted by molar-refractivity contribution is 0.0921. The Morgan fingerprint density at radius 3 is 3.12 bits per heavy atom. The van der Waals surface area contributed by atoms with Gasteiger partial charge in [0.1, 0.15) is 5.83 Å². The van der Waals surface area contributed by atoms with Gasteiger partial charge >= 0.3 is 0 Å². The van der Waals surface area contributed by atoms with Crippen molar-refractivity contribution in [1.29, 1.82) is 0 Å². The van der Waals surface area contributed by atoms with Crippen molar-refractivity contribution in [3.63, 3.8) is 0 Å². The molecule has 0 radical (unpaired) electrons. The van der Waals surface area contributed by atoms with Crippen molar-refractivity contribution in [3.05, 3.63) is 59.4 Å². The van der Waals surface area contributed by atoms with Crippen molar-refractivity contribution in [2.45, 2.75) is 13.3 Å². The largest absolute Gasteiger partial charge is 0.273 e. The zero-order chi connectivity index (χ0) is 12.3. The fourth-order valence-corrected chi connectivity index (χ4v) is 1.50. The van der Waals surface area contributed by atoms with E-state index in [1.807, 2.05) is 0 Å². The molecular weight excluding hydrogens is 219 g/mol. The second-order valence-electron chi connectivity index (χ2n) is 3.71. The minimum Gasteiger partial charge on any atom is -0.273 e. The molecule has 0 fully saturated rings. The van der Waals surface area contributed by atoms with Crippen molar-refractivity contribution in [2.75, 3.05) is 0 Å². The van der Waals surface area contributed by atoms with E-state index in [1.165, 1.54) is 23.8 Å². The highest BCUT2D eigenvalue weighted by Crippen LogP contribution is 2.13. The monoisotopic (exact) mass is 230 g/mol. The molecule has 2 rings (SSSR count). The Hall–Kier alpha value is -2.19.